The van der Waals surface area contributed by atoms with Gasteiger partial charge in [0, 0.05) is 5.69 Å². The third-order valence-electron chi connectivity index (χ3n) is 1.09. The Morgan fingerprint density at radius 3 is 2.25 bits per heavy atom. The monoisotopic (exact) mass is 209 g/mol. The molecule has 0 aromatic heterocycles. The zero-order chi connectivity index (χ0) is 8.27. The normalized spacial score (nSPS) is 8.42. The summed E-state index contributed by atoms with van der Waals surface area (Å²) < 4.78 is 5.21. The van der Waals surface area contributed by atoms with Gasteiger partial charge in [-0.15, -0.1) is 0 Å². The molecule has 5 heteroatoms. The van der Waals surface area contributed by atoms with Crippen molar-refractivity contribution in [2.24, 2.45) is 0 Å². The fourth-order valence-electron chi connectivity index (χ4n) is 0.637. The van der Waals surface area contributed by atoms with Crippen molar-refractivity contribution < 1.29 is 4.74 Å². The van der Waals surface area contributed by atoms with Crippen LogP contribution in [0.15, 0.2) is 24.3 Å². The van der Waals surface area contributed by atoms with Crippen LogP contribution in [0.3, 0.4) is 0 Å². The van der Waals surface area contributed by atoms with Gasteiger partial charge < -0.3 is 10.5 Å². The first kappa shape index (κ1) is 12.3. The van der Waals surface area contributed by atoms with E-state index in [0.29, 0.717) is 11.4 Å². The number of benzene rings is 1. The molecule has 0 amide bonds. The molecule has 1 rings (SSSR count). The summed E-state index contributed by atoms with van der Waals surface area (Å²) in [5.41, 5.74) is 6.15. The SMILES string of the molecule is Nc1ccc(OC(=S)S)cc1.[NaH]. The van der Waals surface area contributed by atoms with E-state index in [4.69, 9.17) is 10.5 Å². The molecule has 0 fully saturated rings. The number of anilines is 1. The molecule has 0 radical (unpaired) electrons. The van der Waals surface area contributed by atoms with Gasteiger partial charge in [-0.2, -0.15) is 0 Å². The van der Waals surface area contributed by atoms with Gasteiger partial charge in [0.1, 0.15) is 5.75 Å². The van der Waals surface area contributed by atoms with Gasteiger partial charge in [0.05, 0.1) is 0 Å². The van der Waals surface area contributed by atoms with Gasteiger partial charge in [-0.1, -0.05) is 12.6 Å². The van der Waals surface area contributed by atoms with Crippen molar-refractivity contribution in [3.05, 3.63) is 24.3 Å². The van der Waals surface area contributed by atoms with E-state index in [1.165, 1.54) is 0 Å². The summed E-state index contributed by atoms with van der Waals surface area (Å²) in [6.07, 6.45) is 0. The first-order chi connectivity index (χ1) is 5.18. The summed E-state index contributed by atoms with van der Waals surface area (Å²) in [7, 11) is 0. The van der Waals surface area contributed by atoms with Gasteiger partial charge in [0.2, 0.25) is 4.38 Å². The van der Waals surface area contributed by atoms with Crippen LogP contribution in [0.2, 0.25) is 0 Å². The Balaban J connectivity index is 0.00000121. The van der Waals surface area contributed by atoms with Gasteiger partial charge in [0.25, 0.3) is 0 Å². The van der Waals surface area contributed by atoms with E-state index in [2.05, 4.69) is 24.8 Å². The predicted octanol–water partition coefficient (Wildman–Crippen LogP) is 1.21. The van der Waals surface area contributed by atoms with Crippen LogP contribution in [-0.4, -0.2) is 33.9 Å². The quantitative estimate of drug-likeness (QED) is 0.316. The van der Waals surface area contributed by atoms with E-state index in [0.717, 1.165) is 0 Å². The van der Waals surface area contributed by atoms with Crippen LogP contribution in [0.5, 0.6) is 5.75 Å². The second kappa shape index (κ2) is 5.83. The molecular weight excluding hydrogens is 201 g/mol. The van der Waals surface area contributed by atoms with Crippen molar-refractivity contribution in [1.29, 1.82) is 0 Å². The van der Waals surface area contributed by atoms with Crippen LogP contribution in [0, 0.1) is 0 Å². The average Bonchev–Trinajstić information content (AvgIpc) is 1.93. The number of hydrogen-bond donors (Lipinski definition) is 2. The molecule has 0 saturated heterocycles. The molecule has 2 nitrogen and oxygen atoms in total. The second-order valence-corrected chi connectivity index (χ2v) is 3.02. The molecule has 0 heterocycles. The number of ether oxygens (including phenoxy) is 1. The van der Waals surface area contributed by atoms with Gasteiger partial charge >= 0.3 is 29.6 Å². The molecular formula is C7H8NNaOS2. The third-order valence-corrected chi connectivity index (χ3v) is 1.26. The average molecular weight is 209 g/mol. The summed E-state index contributed by atoms with van der Waals surface area (Å²) in [5, 5.41) is 0. The molecule has 60 valence electrons. The van der Waals surface area contributed by atoms with Crippen molar-refractivity contribution in [1.82, 2.24) is 0 Å². The van der Waals surface area contributed by atoms with Crippen molar-refractivity contribution in [3.63, 3.8) is 0 Å². The number of nitrogen functional groups attached to an aromatic ring is 1. The Kier molecular flexibility index (Phi) is 5.96. The number of hydrogen-bond acceptors (Lipinski definition) is 3. The number of nitrogens with two attached hydrogens (primary N) is 1. The van der Waals surface area contributed by atoms with Gasteiger partial charge in [-0.25, -0.2) is 0 Å². The van der Waals surface area contributed by atoms with E-state index in [-0.39, 0.29) is 33.9 Å². The van der Waals surface area contributed by atoms with Crippen LogP contribution < -0.4 is 10.5 Å². The Hall–Kier alpha value is 0.260. The molecule has 0 unspecified atom stereocenters. The zero-order valence-electron chi connectivity index (χ0n) is 5.65. The summed E-state index contributed by atoms with van der Waals surface area (Å²) in [5.74, 6) is 0.652. The minimum atomic E-state index is 0. The van der Waals surface area contributed by atoms with E-state index in [9.17, 15) is 0 Å². The fraction of sp³-hybridized carbons (Fsp3) is 0. The number of rotatable bonds is 1. The van der Waals surface area contributed by atoms with Crippen LogP contribution in [0.1, 0.15) is 0 Å². The first-order valence-corrected chi connectivity index (χ1v) is 3.80. The van der Waals surface area contributed by atoms with E-state index in [1.807, 2.05) is 0 Å². The van der Waals surface area contributed by atoms with Crippen molar-refractivity contribution in [2.75, 3.05) is 5.73 Å². The number of thiol groups is 1. The van der Waals surface area contributed by atoms with Gasteiger partial charge in [-0.3, -0.25) is 0 Å². The molecule has 0 bridgehead atoms. The van der Waals surface area contributed by atoms with E-state index < -0.39 is 0 Å². The summed E-state index contributed by atoms with van der Waals surface area (Å²) in [4.78, 5) is 0. The van der Waals surface area contributed by atoms with E-state index in [1.54, 1.807) is 24.3 Å². The number of thiocarbonyl (C=S) groups is 1. The Morgan fingerprint density at radius 1 is 1.33 bits per heavy atom. The van der Waals surface area contributed by atoms with Gasteiger partial charge in [0.15, 0.2) is 0 Å². The standard InChI is InChI=1S/C7H7NOS2.Na.H/c8-5-1-3-6(4-2-5)9-7(10)11;;/h1-4H,8H2,(H,10,11);;. The maximum atomic E-state index is 5.45. The Bertz CT molecular complexity index is 263. The molecule has 0 atom stereocenters. The molecule has 0 saturated carbocycles. The molecule has 12 heavy (non-hydrogen) atoms. The minimum absolute atomic E-state index is 0. The maximum absolute atomic E-state index is 5.45. The first-order valence-electron chi connectivity index (χ1n) is 2.95. The second-order valence-electron chi connectivity index (χ2n) is 1.94. The predicted molar refractivity (Wildman–Crippen MR) is 60.2 cm³/mol. The third kappa shape index (κ3) is 4.33. The van der Waals surface area contributed by atoms with Crippen LogP contribution >= 0.6 is 24.8 Å². The topological polar surface area (TPSA) is 35.2 Å². The molecule has 0 spiro atoms. The zero-order valence-corrected chi connectivity index (χ0v) is 7.36. The molecule has 2 N–H and O–H groups in total. The Labute approximate surface area is 104 Å². The molecule has 1 aromatic carbocycles. The van der Waals surface area contributed by atoms with Crippen LogP contribution in [-0.2, 0) is 0 Å². The van der Waals surface area contributed by atoms with Crippen LogP contribution in [0.25, 0.3) is 0 Å². The van der Waals surface area contributed by atoms with Crippen molar-refractivity contribution in [3.8, 4) is 5.75 Å². The Morgan fingerprint density at radius 2 is 1.83 bits per heavy atom. The molecule has 1 aromatic rings. The van der Waals surface area contributed by atoms with Gasteiger partial charge in [-0.05, 0) is 36.5 Å². The van der Waals surface area contributed by atoms with Crippen molar-refractivity contribution >= 4 is 64.5 Å². The fourth-order valence-corrected chi connectivity index (χ4v) is 0.838. The summed E-state index contributed by atoms with van der Waals surface area (Å²) in [6, 6.07) is 6.94. The summed E-state index contributed by atoms with van der Waals surface area (Å²) in [6.45, 7) is 0. The summed E-state index contributed by atoms with van der Waals surface area (Å²) >= 11 is 8.43. The van der Waals surface area contributed by atoms with Crippen molar-refractivity contribution in [2.45, 2.75) is 0 Å². The molecule has 0 aliphatic heterocycles. The molecule has 0 aliphatic carbocycles. The van der Waals surface area contributed by atoms with E-state index >= 15 is 0 Å². The van der Waals surface area contributed by atoms with Crippen LogP contribution in [0.4, 0.5) is 5.69 Å². The molecule has 0 aliphatic rings.